The largest absolute Gasteiger partial charge is 0 e. The van der Waals surface area contributed by atoms with Gasteiger partial charge in [-0.3, -0.25) is 4.79 Å². The van der Waals surface area contributed by atoms with E-state index in [0.29, 0.717) is 0 Å². The summed E-state index contributed by atoms with van der Waals surface area (Å²) in [5.41, 5.74) is 0. The summed E-state index contributed by atoms with van der Waals surface area (Å²) in [7, 11) is 0. The van der Waals surface area contributed by atoms with Gasteiger partial charge in [0, 0.05) is 26.4 Å². The SMILES string of the molecule is CC(=O)O.O=[Se]([O-])O.[Zn]. The molecule has 0 aromatic heterocycles. The van der Waals surface area contributed by atoms with E-state index in [1.54, 1.807) is 0 Å². The first-order chi connectivity index (χ1) is 3.46. The van der Waals surface area contributed by atoms with Crippen LogP contribution < -0.4 is 4.19 Å². The van der Waals surface area contributed by atoms with Gasteiger partial charge < -0.3 is 5.11 Å². The van der Waals surface area contributed by atoms with Gasteiger partial charge in [-0.15, -0.1) is 0 Å². The summed E-state index contributed by atoms with van der Waals surface area (Å²) in [6.07, 6.45) is 0. The molecule has 52 valence electrons. The maximum atomic E-state index is 9.00. The van der Waals surface area contributed by atoms with Crippen molar-refractivity contribution in [3.05, 3.63) is 0 Å². The molecule has 1 atom stereocenters. The van der Waals surface area contributed by atoms with Gasteiger partial charge >= 0.3 is 26.7 Å². The molecule has 0 spiro atoms. The van der Waals surface area contributed by atoms with Crippen LogP contribution in [-0.2, 0) is 28.1 Å². The molecule has 0 bridgehead atoms. The Morgan fingerprint density at radius 1 is 1.67 bits per heavy atom. The number of carbonyl (C=O) groups is 1. The minimum Gasteiger partial charge on any atom is 0 e. The molecule has 0 aromatic rings. The summed E-state index contributed by atoms with van der Waals surface area (Å²) in [6.45, 7) is 1.08. The van der Waals surface area contributed by atoms with Gasteiger partial charge in [-0.25, -0.2) is 0 Å². The van der Waals surface area contributed by atoms with E-state index in [0.717, 1.165) is 6.92 Å². The van der Waals surface area contributed by atoms with E-state index in [9.17, 15) is 0 Å². The third kappa shape index (κ3) is 3020. The van der Waals surface area contributed by atoms with Crippen LogP contribution in [0.25, 0.3) is 0 Å². The minimum absolute atomic E-state index is 0. The molecule has 0 saturated heterocycles. The van der Waals surface area contributed by atoms with Crippen molar-refractivity contribution in [1.82, 2.24) is 0 Å². The number of hydrogen-bond acceptors (Lipinski definition) is 3. The third-order valence-electron chi connectivity index (χ3n) is 0. The summed E-state index contributed by atoms with van der Waals surface area (Å²) in [5.74, 6) is -0.833. The Hall–Kier alpha value is 0.333. The summed E-state index contributed by atoms with van der Waals surface area (Å²) < 4.78 is 24.4. The summed E-state index contributed by atoms with van der Waals surface area (Å²) in [5, 5.41) is 7.42. The van der Waals surface area contributed by atoms with E-state index in [2.05, 4.69) is 0 Å². The van der Waals surface area contributed by atoms with E-state index in [-0.39, 0.29) is 19.5 Å². The molecular formula is C2H5O5SeZn-. The number of carboxylic acid groups (broad SMARTS) is 1. The van der Waals surface area contributed by atoms with Crippen LogP contribution in [0, 0.1) is 0 Å². The first-order valence-electron chi connectivity index (χ1n) is 1.44. The van der Waals surface area contributed by atoms with Crippen molar-refractivity contribution in [2.45, 2.75) is 6.92 Å². The molecule has 0 saturated carbocycles. The Morgan fingerprint density at radius 3 is 1.67 bits per heavy atom. The van der Waals surface area contributed by atoms with Crippen LogP contribution in [-0.4, -0.2) is 29.8 Å². The molecule has 9 heavy (non-hydrogen) atoms. The summed E-state index contributed by atoms with van der Waals surface area (Å²) in [6, 6.07) is 0. The quantitative estimate of drug-likeness (QED) is 0.479. The molecule has 0 rings (SSSR count). The Balaban J connectivity index is -0.0000000720. The van der Waals surface area contributed by atoms with Gasteiger partial charge in [-0.05, 0) is 0 Å². The monoisotopic (exact) mass is 253 g/mol. The number of hydrogen-bond donors (Lipinski definition) is 2. The minimum atomic E-state index is -3.54. The average molecular weight is 253 g/mol. The van der Waals surface area contributed by atoms with E-state index >= 15 is 0 Å². The predicted octanol–water partition coefficient (Wildman–Crippen LogP) is -2.16. The molecule has 7 heteroatoms. The van der Waals surface area contributed by atoms with Gasteiger partial charge in [0.25, 0.3) is 5.97 Å². The standard InChI is InChI=1S/C2H4O2.H2O3Se.Zn/c1-2(3)4;1-4(2)3;/h1H3,(H,3,4);(H2,1,2,3);/p-1. The normalized spacial score (nSPS) is 9.67. The first kappa shape index (κ1) is 16.2. The second-order valence-corrected chi connectivity index (χ2v) is 1.65. The molecule has 1 unspecified atom stereocenters. The molecule has 0 aliphatic rings. The van der Waals surface area contributed by atoms with Gasteiger partial charge in [-0.2, -0.15) is 0 Å². The van der Waals surface area contributed by atoms with Gasteiger partial charge in [0.15, 0.2) is 0 Å². The van der Waals surface area contributed by atoms with Crippen LogP contribution >= 0.6 is 0 Å². The molecule has 5 nitrogen and oxygen atoms in total. The third-order valence-corrected chi connectivity index (χ3v) is 0. The fraction of sp³-hybridized carbons (Fsp3) is 0.500. The van der Waals surface area contributed by atoms with Crippen LogP contribution in [0.1, 0.15) is 6.92 Å². The maximum Gasteiger partial charge on any atom is 0 e. The smallest absolute Gasteiger partial charge is 0 e. The van der Waals surface area contributed by atoms with Crippen molar-refractivity contribution in [3.8, 4) is 0 Å². The van der Waals surface area contributed by atoms with Crippen molar-refractivity contribution < 1.29 is 41.6 Å². The Labute approximate surface area is 69.2 Å². The van der Waals surface area contributed by atoms with Gasteiger partial charge in [0.05, 0.1) is 0 Å². The molecule has 0 fully saturated rings. The summed E-state index contributed by atoms with van der Waals surface area (Å²) >= 11 is -3.54. The zero-order valence-electron chi connectivity index (χ0n) is 4.73. The van der Waals surface area contributed by atoms with Crippen molar-refractivity contribution in [1.29, 1.82) is 0 Å². The van der Waals surface area contributed by atoms with Crippen molar-refractivity contribution in [2.75, 3.05) is 0 Å². The summed E-state index contributed by atoms with van der Waals surface area (Å²) in [4.78, 5) is 9.00. The average Bonchev–Trinajstić information content (AvgIpc) is 1.25. The second kappa shape index (κ2) is 11.2. The predicted molar refractivity (Wildman–Crippen MR) is 22.0 cm³/mol. The molecular weight excluding hydrogens is 248 g/mol. The first-order valence-corrected chi connectivity index (χ1v) is 3.61. The molecule has 0 amide bonds. The van der Waals surface area contributed by atoms with E-state index in [1.807, 2.05) is 0 Å². The zero-order valence-corrected chi connectivity index (χ0v) is 9.41. The van der Waals surface area contributed by atoms with Crippen LogP contribution in [0.15, 0.2) is 0 Å². The van der Waals surface area contributed by atoms with Crippen molar-refractivity contribution >= 4 is 20.5 Å². The van der Waals surface area contributed by atoms with E-state index in [1.165, 1.54) is 0 Å². The van der Waals surface area contributed by atoms with Gasteiger partial charge in [0.1, 0.15) is 0 Å². The molecule has 0 aliphatic heterocycles. The second-order valence-electron chi connectivity index (χ2n) is 0.736. The van der Waals surface area contributed by atoms with Gasteiger partial charge in [-0.1, -0.05) is 0 Å². The zero-order chi connectivity index (χ0) is 7.15. The van der Waals surface area contributed by atoms with E-state index in [4.69, 9.17) is 22.1 Å². The molecule has 0 radical (unpaired) electrons. The Kier molecular flexibility index (Phi) is 20.1. The van der Waals surface area contributed by atoms with Crippen molar-refractivity contribution in [3.63, 3.8) is 0 Å². The number of aliphatic carboxylic acids is 1. The Bertz CT molecular complexity index is 73.0. The van der Waals surface area contributed by atoms with Gasteiger partial charge in [0.2, 0.25) is 0 Å². The number of rotatable bonds is 0. The van der Waals surface area contributed by atoms with Crippen molar-refractivity contribution in [2.24, 2.45) is 0 Å². The fourth-order valence-corrected chi connectivity index (χ4v) is 0. The van der Waals surface area contributed by atoms with Crippen LogP contribution in [0.4, 0.5) is 0 Å². The fourth-order valence-electron chi connectivity index (χ4n) is 0. The number of carboxylic acids is 1. The van der Waals surface area contributed by atoms with E-state index < -0.39 is 20.5 Å². The maximum absolute atomic E-state index is 9.00. The topological polar surface area (TPSA) is 97.7 Å². The van der Waals surface area contributed by atoms with Crippen LogP contribution in [0.5, 0.6) is 0 Å². The molecule has 0 heterocycles. The van der Waals surface area contributed by atoms with Crippen LogP contribution in [0.2, 0.25) is 0 Å². The molecule has 0 aromatic carbocycles. The molecule has 2 N–H and O–H groups in total. The Morgan fingerprint density at radius 2 is 1.67 bits per heavy atom. The van der Waals surface area contributed by atoms with Crippen LogP contribution in [0.3, 0.4) is 0 Å². The molecule has 0 aliphatic carbocycles.